The molecule has 1 heterocycles. The normalized spacial score (nSPS) is 11.4. The summed E-state index contributed by atoms with van der Waals surface area (Å²) < 4.78 is 8.80. The average Bonchev–Trinajstić information content (AvgIpc) is 2.50. The summed E-state index contributed by atoms with van der Waals surface area (Å²) in [5.74, 6) is 0.742. The predicted octanol–water partition coefficient (Wildman–Crippen LogP) is 4.87. The van der Waals surface area contributed by atoms with Gasteiger partial charge >= 0.3 is 0 Å². The molecule has 140 valence electrons. The summed E-state index contributed by atoms with van der Waals surface area (Å²) in [6.45, 7) is 9.97. The molecule has 0 saturated carbocycles. The number of ether oxygens (including phenoxy) is 1. The maximum Gasteiger partial charge on any atom is 0.258 e. The Morgan fingerprint density at radius 1 is 1.24 bits per heavy atom. The summed E-state index contributed by atoms with van der Waals surface area (Å²) >= 11 is 3.49. The minimum Gasteiger partial charge on any atom is -0.491 e. The molecule has 6 heteroatoms. The Balaban J connectivity index is 0.00000312. The Labute approximate surface area is 164 Å². The predicted molar refractivity (Wildman–Crippen MR) is 111 cm³/mol. The monoisotopic (exact) mass is 430 g/mol. The van der Waals surface area contributed by atoms with E-state index in [1.165, 1.54) is 0 Å². The number of halogens is 2. The third-order valence-corrected chi connectivity index (χ3v) is 4.35. The minimum atomic E-state index is -0.0303. The van der Waals surface area contributed by atoms with Crippen LogP contribution in [-0.4, -0.2) is 11.2 Å². The molecule has 4 nitrogen and oxygen atoms in total. The molecule has 1 aromatic heterocycles. The number of rotatable bonds is 6. The van der Waals surface area contributed by atoms with Gasteiger partial charge in [0.1, 0.15) is 5.75 Å². The highest BCUT2D eigenvalue weighted by Gasteiger charge is 2.21. The lowest BCUT2D eigenvalue weighted by molar-refractivity contribution is 0.295. The van der Waals surface area contributed by atoms with Crippen LogP contribution in [0.2, 0.25) is 0 Å². The molecule has 0 radical (unpaired) electrons. The summed E-state index contributed by atoms with van der Waals surface area (Å²) in [7, 11) is 0. The van der Waals surface area contributed by atoms with Gasteiger partial charge in [0, 0.05) is 22.9 Å². The minimum absolute atomic E-state index is 0. The molecule has 0 saturated heterocycles. The van der Waals surface area contributed by atoms with E-state index in [9.17, 15) is 4.79 Å². The number of unbranched alkanes of at least 4 members (excludes halogenated alkanes) is 1. The molecule has 0 atom stereocenters. The molecule has 0 aliphatic carbocycles. The third-order valence-electron chi connectivity index (χ3n) is 3.86. The van der Waals surface area contributed by atoms with Gasteiger partial charge in [0.15, 0.2) is 0 Å². The first-order valence-electron chi connectivity index (χ1n) is 8.46. The Hall–Kier alpha value is -1.04. The smallest absolute Gasteiger partial charge is 0.258 e. The van der Waals surface area contributed by atoms with Crippen molar-refractivity contribution in [3.05, 3.63) is 38.7 Å². The molecule has 0 aliphatic rings. The fourth-order valence-corrected chi connectivity index (χ4v) is 3.12. The van der Waals surface area contributed by atoms with E-state index in [4.69, 9.17) is 10.5 Å². The lowest BCUT2D eigenvalue weighted by Crippen LogP contribution is -2.31. The zero-order chi connectivity index (χ0) is 17.9. The molecule has 0 fully saturated rings. The zero-order valence-corrected chi connectivity index (χ0v) is 17.8. The molecule has 0 unspecified atom stereocenters. The Morgan fingerprint density at radius 2 is 1.92 bits per heavy atom. The van der Waals surface area contributed by atoms with Crippen LogP contribution in [0.5, 0.6) is 5.75 Å². The number of nitrogens with two attached hydrogens (primary N) is 1. The van der Waals surface area contributed by atoms with Gasteiger partial charge in [-0.05, 0) is 30.0 Å². The van der Waals surface area contributed by atoms with Crippen LogP contribution in [-0.2, 0) is 13.1 Å². The van der Waals surface area contributed by atoms with Crippen LogP contribution < -0.4 is 16.0 Å². The van der Waals surface area contributed by atoms with Crippen molar-refractivity contribution in [2.75, 3.05) is 6.61 Å². The van der Waals surface area contributed by atoms with Gasteiger partial charge in [-0.25, -0.2) is 0 Å². The van der Waals surface area contributed by atoms with Crippen LogP contribution in [0.1, 0.15) is 46.2 Å². The van der Waals surface area contributed by atoms with E-state index in [0.717, 1.165) is 34.1 Å². The molecule has 1 aromatic carbocycles. The third kappa shape index (κ3) is 5.22. The summed E-state index contributed by atoms with van der Waals surface area (Å²) in [6, 6.07) is 5.69. The molecule has 0 bridgehead atoms. The van der Waals surface area contributed by atoms with Crippen molar-refractivity contribution in [1.29, 1.82) is 0 Å². The van der Waals surface area contributed by atoms with E-state index in [-0.39, 0.29) is 29.9 Å². The van der Waals surface area contributed by atoms with Gasteiger partial charge in [0.2, 0.25) is 0 Å². The molecule has 0 aliphatic heterocycles. The topological polar surface area (TPSA) is 57.2 Å². The Kier molecular flexibility index (Phi) is 7.97. The van der Waals surface area contributed by atoms with Gasteiger partial charge in [-0.3, -0.25) is 4.79 Å². The van der Waals surface area contributed by atoms with Gasteiger partial charge in [-0.1, -0.05) is 50.0 Å². The Morgan fingerprint density at radius 3 is 2.48 bits per heavy atom. The van der Waals surface area contributed by atoms with E-state index < -0.39 is 0 Å². The molecule has 25 heavy (non-hydrogen) atoms. The van der Waals surface area contributed by atoms with Crippen LogP contribution in [0.15, 0.2) is 27.5 Å². The lowest BCUT2D eigenvalue weighted by atomic mass is 9.96. The molecule has 2 aromatic rings. The molecule has 0 amide bonds. The van der Waals surface area contributed by atoms with Crippen molar-refractivity contribution >= 4 is 39.1 Å². The number of pyridine rings is 1. The van der Waals surface area contributed by atoms with Crippen LogP contribution in [0, 0.1) is 5.41 Å². The Bertz CT molecular complexity index is 782. The molecule has 0 spiro atoms. The van der Waals surface area contributed by atoms with Crippen molar-refractivity contribution in [1.82, 2.24) is 4.57 Å². The van der Waals surface area contributed by atoms with Crippen LogP contribution in [0.3, 0.4) is 0 Å². The van der Waals surface area contributed by atoms with E-state index in [1.54, 1.807) is 4.57 Å². The molecular formula is C19H28BrClN2O2. The quantitative estimate of drug-likeness (QED) is 0.664. The standard InChI is InChI=1S/C19H27BrN2O2.ClH/c1-5-6-9-24-17-15-10-13(20)7-8-14(15)18(23)22(16(17)11-21)12-19(2,3)4;/h7-8,10H,5-6,9,11-12,21H2,1-4H3;1H. The van der Waals surface area contributed by atoms with E-state index in [1.807, 2.05) is 18.2 Å². The van der Waals surface area contributed by atoms with E-state index in [2.05, 4.69) is 43.6 Å². The van der Waals surface area contributed by atoms with Crippen molar-refractivity contribution in [2.45, 2.75) is 53.6 Å². The molecule has 2 rings (SSSR count). The van der Waals surface area contributed by atoms with Crippen molar-refractivity contribution in [3.8, 4) is 5.75 Å². The van der Waals surface area contributed by atoms with Crippen molar-refractivity contribution in [3.63, 3.8) is 0 Å². The highest BCUT2D eigenvalue weighted by Crippen LogP contribution is 2.31. The van der Waals surface area contributed by atoms with Gasteiger partial charge in [0.25, 0.3) is 5.56 Å². The zero-order valence-electron chi connectivity index (χ0n) is 15.4. The number of aromatic nitrogens is 1. The molecular weight excluding hydrogens is 404 g/mol. The number of benzene rings is 1. The highest BCUT2D eigenvalue weighted by molar-refractivity contribution is 9.10. The fraction of sp³-hybridized carbons (Fsp3) is 0.526. The summed E-state index contributed by atoms with van der Waals surface area (Å²) in [6.07, 6.45) is 2.03. The average molecular weight is 432 g/mol. The second-order valence-corrected chi connectivity index (χ2v) is 8.24. The van der Waals surface area contributed by atoms with Crippen LogP contribution >= 0.6 is 28.3 Å². The summed E-state index contributed by atoms with van der Waals surface area (Å²) in [4.78, 5) is 13.0. The second-order valence-electron chi connectivity index (χ2n) is 7.32. The number of hydrogen-bond donors (Lipinski definition) is 1. The van der Waals surface area contributed by atoms with E-state index in [0.29, 0.717) is 18.5 Å². The van der Waals surface area contributed by atoms with E-state index >= 15 is 0 Å². The molecule has 2 N–H and O–H groups in total. The van der Waals surface area contributed by atoms with Crippen LogP contribution in [0.4, 0.5) is 0 Å². The number of fused-ring (bicyclic) bond motifs is 1. The van der Waals surface area contributed by atoms with Crippen molar-refractivity contribution < 1.29 is 4.74 Å². The maximum absolute atomic E-state index is 13.0. The van der Waals surface area contributed by atoms with Gasteiger partial charge < -0.3 is 15.0 Å². The fourth-order valence-electron chi connectivity index (χ4n) is 2.76. The largest absolute Gasteiger partial charge is 0.491 e. The van der Waals surface area contributed by atoms with Crippen LogP contribution in [0.25, 0.3) is 10.8 Å². The SMILES string of the molecule is CCCCOc1c(CN)n(CC(C)(C)C)c(=O)c2ccc(Br)cc12.Cl. The van der Waals surface area contributed by atoms with Gasteiger partial charge in [0.05, 0.1) is 17.7 Å². The number of nitrogens with zero attached hydrogens (tertiary/aromatic N) is 1. The van der Waals surface area contributed by atoms with Gasteiger partial charge in [-0.2, -0.15) is 0 Å². The van der Waals surface area contributed by atoms with Gasteiger partial charge in [-0.15, -0.1) is 12.4 Å². The lowest BCUT2D eigenvalue weighted by Gasteiger charge is -2.25. The number of hydrogen-bond acceptors (Lipinski definition) is 3. The first-order valence-corrected chi connectivity index (χ1v) is 9.25. The summed E-state index contributed by atoms with van der Waals surface area (Å²) in [5.41, 5.74) is 6.76. The first-order chi connectivity index (χ1) is 11.3. The second kappa shape index (κ2) is 9.06. The van der Waals surface area contributed by atoms with Crippen molar-refractivity contribution in [2.24, 2.45) is 11.1 Å². The highest BCUT2D eigenvalue weighted by atomic mass is 79.9. The summed E-state index contributed by atoms with van der Waals surface area (Å²) in [5, 5.41) is 1.50. The first kappa shape index (κ1) is 22.0. The maximum atomic E-state index is 13.0.